The van der Waals surface area contributed by atoms with Crippen LogP contribution >= 0.6 is 34.7 Å². The topological polar surface area (TPSA) is 91.8 Å². The molecule has 1 aliphatic heterocycles. The zero-order valence-corrected chi connectivity index (χ0v) is 17.8. The van der Waals surface area contributed by atoms with Crippen molar-refractivity contribution in [2.24, 2.45) is 0 Å². The molecule has 0 fully saturated rings. The van der Waals surface area contributed by atoms with Crippen LogP contribution in [0.25, 0.3) is 0 Å². The number of aromatic nitrogens is 3. The van der Waals surface area contributed by atoms with E-state index in [1.807, 2.05) is 18.2 Å². The predicted molar refractivity (Wildman–Crippen MR) is 118 cm³/mol. The first-order valence-corrected chi connectivity index (χ1v) is 11.3. The Morgan fingerprint density at radius 3 is 3.07 bits per heavy atom. The van der Waals surface area contributed by atoms with E-state index >= 15 is 0 Å². The average molecular weight is 447 g/mol. The Balaban J connectivity index is 1.23. The molecule has 1 aliphatic rings. The maximum absolute atomic E-state index is 12.1. The Kier molecular flexibility index (Phi) is 6.48. The first-order valence-electron chi connectivity index (χ1n) is 9.12. The number of fused-ring (bicyclic) bond motifs is 1. The number of urea groups is 1. The Labute approximate surface area is 181 Å². The summed E-state index contributed by atoms with van der Waals surface area (Å²) in [6.07, 6.45) is 5.20. The van der Waals surface area contributed by atoms with Crippen molar-refractivity contribution in [3.05, 3.63) is 57.9 Å². The number of benzene rings is 1. The molecule has 2 amide bonds. The van der Waals surface area contributed by atoms with Crippen LogP contribution in [0.5, 0.6) is 0 Å². The molecule has 0 aliphatic carbocycles. The van der Waals surface area contributed by atoms with Gasteiger partial charge in [-0.2, -0.15) is 0 Å². The monoisotopic (exact) mass is 446 g/mol. The molecule has 1 aromatic carbocycles. The van der Waals surface area contributed by atoms with E-state index in [0.717, 1.165) is 52.0 Å². The van der Waals surface area contributed by atoms with Gasteiger partial charge in [0.1, 0.15) is 12.1 Å². The van der Waals surface area contributed by atoms with Gasteiger partial charge in [-0.05, 0) is 17.7 Å². The van der Waals surface area contributed by atoms with Crippen LogP contribution in [0.2, 0.25) is 5.02 Å². The molecule has 150 valence electrons. The molecule has 0 bridgehead atoms. The van der Waals surface area contributed by atoms with Crippen LogP contribution in [-0.2, 0) is 19.4 Å². The number of carbonyl (C=O) groups excluding carboxylic acids is 1. The quantitative estimate of drug-likeness (QED) is 0.503. The van der Waals surface area contributed by atoms with E-state index in [2.05, 4.69) is 30.9 Å². The van der Waals surface area contributed by atoms with Crippen LogP contribution in [0.1, 0.15) is 16.1 Å². The molecule has 4 rings (SSSR count). The lowest BCUT2D eigenvalue weighted by molar-refractivity contribution is 0.251. The summed E-state index contributed by atoms with van der Waals surface area (Å²) < 4.78 is 0. The van der Waals surface area contributed by atoms with E-state index in [-0.39, 0.29) is 6.03 Å². The molecule has 10 heteroatoms. The van der Waals surface area contributed by atoms with Crippen molar-refractivity contribution in [1.29, 1.82) is 0 Å². The van der Waals surface area contributed by atoms with Crippen LogP contribution < -0.4 is 16.0 Å². The number of thiazole rings is 1. The summed E-state index contributed by atoms with van der Waals surface area (Å²) in [7, 11) is 0. The van der Waals surface area contributed by atoms with Gasteiger partial charge in [0.15, 0.2) is 5.13 Å². The highest BCUT2D eigenvalue weighted by atomic mass is 35.5. The summed E-state index contributed by atoms with van der Waals surface area (Å²) in [4.78, 5) is 27.3. The summed E-state index contributed by atoms with van der Waals surface area (Å²) in [5.41, 5.74) is 2.06. The zero-order chi connectivity index (χ0) is 20.1. The molecule has 2 aromatic heterocycles. The summed E-state index contributed by atoms with van der Waals surface area (Å²) in [5.74, 6) is 1.96. The number of halogens is 1. The highest BCUT2D eigenvalue weighted by Gasteiger charge is 2.17. The van der Waals surface area contributed by atoms with E-state index in [0.29, 0.717) is 16.7 Å². The molecule has 3 heterocycles. The number of aryl methyl sites for hydroxylation is 1. The van der Waals surface area contributed by atoms with Crippen molar-refractivity contribution in [2.75, 3.05) is 22.9 Å². The van der Waals surface area contributed by atoms with Crippen molar-refractivity contribution in [3.63, 3.8) is 0 Å². The summed E-state index contributed by atoms with van der Waals surface area (Å²) in [5, 5.41) is 10.2. The molecule has 3 N–H and O–H groups in total. The highest BCUT2D eigenvalue weighted by Crippen LogP contribution is 2.34. The maximum atomic E-state index is 12.1. The molecular weight excluding hydrogens is 428 g/mol. The molecule has 0 radical (unpaired) electrons. The van der Waals surface area contributed by atoms with E-state index < -0.39 is 0 Å². The molecule has 0 saturated carbocycles. The molecular formula is C19H19ClN6OS2. The van der Waals surface area contributed by atoms with Gasteiger partial charge in [0.05, 0.1) is 10.6 Å². The molecule has 3 aromatic rings. The standard InChI is InChI=1S/C19H19ClN6OS2/c20-13-3-1-2-12(8-13)9-22-18(27)26-19-23-10-14(29-19)4-6-21-17-16-15(5-7-28-16)24-11-25-17/h1-3,8,10-11H,4-7,9H2,(H,21,24,25)(H2,22,23,26,27). The minimum atomic E-state index is -0.294. The normalized spacial score (nSPS) is 12.4. The predicted octanol–water partition coefficient (Wildman–Crippen LogP) is 4.21. The third kappa shape index (κ3) is 5.37. The Bertz CT molecular complexity index is 1010. The fourth-order valence-corrected chi connectivity index (χ4v) is 4.97. The number of hydrogen-bond donors (Lipinski definition) is 3. The number of amides is 2. The van der Waals surface area contributed by atoms with Gasteiger partial charge in [-0.1, -0.05) is 23.7 Å². The van der Waals surface area contributed by atoms with Gasteiger partial charge in [0, 0.05) is 47.8 Å². The number of nitrogens with one attached hydrogen (secondary N) is 3. The van der Waals surface area contributed by atoms with Gasteiger partial charge in [-0.15, -0.1) is 23.1 Å². The van der Waals surface area contributed by atoms with Crippen molar-refractivity contribution in [2.45, 2.75) is 24.3 Å². The number of rotatable bonds is 7. The number of carbonyl (C=O) groups is 1. The van der Waals surface area contributed by atoms with E-state index in [1.165, 1.54) is 11.3 Å². The first-order chi connectivity index (χ1) is 14.2. The van der Waals surface area contributed by atoms with Crippen LogP contribution in [0.3, 0.4) is 0 Å². The van der Waals surface area contributed by atoms with Gasteiger partial charge in [-0.3, -0.25) is 5.32 Å². The maximum Gasteiger partial charge on any atom is 0.321 e. The van der Waals surface area contributed by atoms with E-state index in [4.69, 9.17) is 11.6 Å². The molecule has 7 nitrogen and oxygen atoms in total. The van der Waals surface area contributed by atoms with Crippen LogP contribution in [0.15, 0.2) is 41.7 Å². The van der Waals surface area contributed by atoms with Crippen molar-refractivity contribution in [3.8, 4) is 0 Å². The van der Waals surface area contributed by atoms with Crippen molar-refractivity contribution >= 4 is 51.7 Å². The van der Waals surface area contributed by atoms with Crippen molar-refractivity contribution < 1.29 is 4.79 Å². The molecule has 0 saturated heterocycles. The molecule has 0 unspecified atom stereocenters. The number of thioether (sulfide) groups is 1. The summed E-state index contributed by atoms with van der Waals surface area (Å²) in [6.45, 7) is 1.14. The van der Waals surface area contributed by atoms with Gasteiger partial charge in [0.25, 0.3) is 0 Å². The fourth-order valence-electron chi connectivity index (χ4n) is 2.87. The third-order valence-electron chi connectivity index (χ3n) is 4.24. The minimum absolute atomic E-state index is 0.294. The number of anilines is 2. The van der Waals surface area contributed by atoms with Crippen LogP contribution in [0.4, 0.5) is 15.7 Å². The van der Waals surface area contributed by atoms with Gasteiger partial charge >= 0.3 is 6.03 Å². The highest BCUT2D eigenvalue weighted by molar-refractivity contribution is 7.99. The Hall–Kier alpha value is -2.36. The second kappa shape index (κ2) is 9.43. The largest absolute Gasteiger partial charge is 0.369 e. The lowest BCUT2D eigenvalue weighted by Crippen LogP contribution is -2.28. The first kappa shape index (κ1) is 19.9. The average Bonchev–Trinajstić information content (AvgIpc) is 3.36. The lowest BCUT2D eigenvalue weighted by Gasteiger charge is -2.08. The smallest absolute Gasteiger partial charge is 0.321 e. The van der Waals surface area contributed by atoms with E-state index in [9.17, 15) is 4.79 Å². The second-order valence-corrected chi connectivity index (χ2v) is 9.00. The van der Waals surface area contributed by atoms with Crippen LogP contribution in [-0.4, -0.2) is 33.3 Å². The fraction of sp³-hybridized carbons (Fsp3) is 0.263. The second-order valence-electron chi connectivity index (χ2n) is 6.34. The molecule has 0 atom stereocenters. The minimum Gasteiger partial charge on any atom is -0.369 e. The SMILES string of the molecule is O=C(NCc1cccc(Cl)c1)Nc1ncc(CCNc2ncnc3c2SCC3)s1. The van der Waals surface area contributed by atoms with Gasteiger partial charge < -0.3 is 10.6 Å². The summed E-state index contributed by atoms with van der Waals surface area (Å²) in [6, 6.07) is 7.09. The van der Waals surface area contributed by atoms with Gasteiger partial charge in [0.2, 0.25) is 0 Å². The third-order valence-corrected chi connectivity index (χ3v) is 6.58. The molecule has 29 heavy (non-hydrogen) atoms. The lowest BCUT2D eigenvalue weighted by atomic mass is 10.2. The van der Waals surface area contributed by atoms with Crippen molar-refractivity contribution in [1.82, 2.24) is 20.3 Å². The zero-order valence-electron chi connectivity index (χ0n) is 15.4. The number of nitrogens with zero attached hydrogens (tertiary/aromatic N) is 3. The number of hydrogen-bond acceptors (Lipinski definition) is 7. The van der Waals surface area contributed by atoms with Gasteiger partial charge in [-0.25, -0.2) is 19.7 Å². The Morgan fingerprint density at radius 2 is 2.17 bits per heavy atom. The van der Waals surface area contributed by atoms with E-state index in [1.54, 1.807) is 30.4 Å². The van der Waals surface area contributed by atoms with Crippen LogP contribution in [0, 0.1) is 0 Å². The summed E-state index contributed by atoms with van der Waals surface area (Å²) >= 11 is 9.21. The molecule has 0 spiro atoms. The Morgan fingerprint density at radius 1 is 1.24 bits per heavy atom.